The molecule has 0 bridgehead atoms. The van der Waals surface area contributed by atoms with Crippen molar-refractivity contribution in [2.45, 2.75) is 18.3 Å². The van der Waals surface area contributed by atoms with Crippen LogP contribution in [0.5, 0.6) is 0 Å². The van der Waals surface area contributed by atoms with Crippen LogP contribution in [-0.2, 0) is 14.8 Å². The van der Waals surface area contributed by atoms with Crippen LogP contribution in [0.1, 0.15) is 22.5 Å². The Labute approximate surface area is 214 Å². The van der Waals surface area contributed by atoms with Crippen LogP contribution >= 0.6 is 22.9 Å². The lowest BCUT2D eigenvalue weighted by atomic mass is 10.0. The first kappa shape index (κ1) is 24.6. The molecule has 5 rings (SSSR count). The van der Waals surface area contributed by atoms with E-state index in [1.54, 1.807) is 30.3 Å². The van der Waals surface area contributed by atoms with Crippen molar-refractivity contribution < 1.29 is 26.7 Å². The highest BCUT2D eigenvalue weighted by Gasteiger charge is 2.29. The Bertz CT molecular complexity index is 1580. The lowest BCUT2D eigenvalue weighted by Gasteiger charge is -2.13. The topological polar surface area (TPSA) is 84.5 Å². The van der Waals surface area contributed by atoms with E-state index < -0.39 is 33.0 Å². The molecule has 1 fully saturated rings. The Morgan fingerprint density at radius 2 is 1.86 bits per heavy atom. The SMILES string of the molecule is O=C(Nc1cc(Cl)cc(-c2ccc(F)cc2F)c1)c1cc2cc(NS(=O)(=O)C3CCCO3)ccc2s1. The molecule has 1 aliphatic heterocycles. The van der Waals surface area contributed by atoms with Gasteiger partial charge in [0, 0.05) is 39.3 Å². The molecule has 1 amide bonds. The van der Waals surface area contributed by atoms with E-state index in [9.17, 15) is 22.0 Å². The predicted molar refractivity (Wildman–Crippen MR) is 138 cm³/mol. The zero-order chi connectivity index (χ0) is 25.4. The maximum atomic E-state index is 14.3. The summed E-state index contributed by atoms with van der Waals surface area (Å²) in [4.78, 5) is 13.3. The highest BCUT2D eigenvalue weighted by atomic mass is 35.5. The van der Waals surface area contributed by atoms with Gasteiger partial charge < -0.3 is 10.1 Å². The summed E-state index contributed by atoms with van der Waals surface area (Å²) in [5.74, 6) is -1.85. The highest BCUT2D eigenvalue weighted by Crippen LogP contribution is 2.32. The van der Waals surface area contributed by atoms with Crippen LogP contribution in [0.25, 0.3) is 21.2 Å². The first-order chi connectivity index (χ1) is 17.2. The van der Waals surface area contributed by atoms with Gasteiger partial charge in [0.25, 0.3) is 15.9 Å². The van der Waals surface area contributed by atoms with Gasteiger partial charge in [-0.3, -0.25) is 9.52 Å². The van der Waals surface area contributed by atoms with Gasteiger partial charge in [0.1, 0.15) is 11.6 Å². The van der Waals surface area contributed by atoms with E-state index in [-0.39, 0.29) is 10.6 Å². The monoisotopic (exact) mass is 548 g/mol. The number of fused-ring (bicyclic) bond motifs is 1. The van der Waals surface area contributed by atoms with Crippen molar-refractivity contribution >= 4 is 60.3 Å². The number of hydrogen-bond donors (Lipinski definition) is 2. The molecule has 2 N–H and O–H groups in total. The minimum atomic E-state index is -3.68. The summed E-state index contributed by atoms with van der Waals surface area (Å²) in [6.45, 7) is 0.417. The third kappa shape index (κ3) is 5.22. The van der Waals surface area contributed by atoms with Crippen molar-refractivity contribution in [3.63, 3.8) is 0 Å². The molecule has 0 saturated carbocycles. The molecule has 1 saturated heterocycles. The van der Waals surface area contributed by atoms with Gasteiger partial charge in [0.05, 0.1) is 4.88 Å². The van der Waals surface area contributed by atoms with Crippen molar-refractivity contribution in [2.24, 2.45) is 0 Å². The van der Waals surface area contributed by atoms with Crippen molar-refractivity contribution in [3.05, 3.63) is 82.2 Å². The van der Waals surface area contributed by atoms with Gasteiger partial charge in [-0.1, -0.05) is 11.6 Å². The van der Waals surface area contributed by atoms with Gasteiger partial charge in [-0.2, -0.15) is 0 Å². The standard InChI is InChI=1S/C25H19ClF2N2O4S2/c26-16-8-14(20-5-3-17(27)13-21(20)28)9-19(12-16)29-25(31)23-11-15-10-18(4-6-22(15)35-23)30-36(32,33)24-2-1-7-34-24/h3-6,8-13,24,30H,1-2,7H2,(H,29,31). The fourth-order valence-corrected chi connectivity index (χ4v) is 6.49. The molecule has 186 valence electrons. The quantitative estimate of drug-likeness (QED) is 0.283. The summed E-state index contributed by atoms with van der Waals surface area (Å²) in [6, 6.07) is 14.5. The zero-order valence-electron chi connectivity index (χ0n) is 18.6. The number of thiophene rings is 1. The van der Waals surface area contributed by atoms with Gasteiger partial charge in [-0.15, -0.1) is 11.3 Å². The second-order valence-corrected chi connectivity index (χ2v) is 11.6. The number of hydrogen-bond acceptors (Lipinski definition) is 5. The summed E-state index contributed by atoms with van der Waals surface area (Å²) < 4.78 is 61.2. The Morgan fingerprint density at radius 1 is 1.03 bits per heavy atom. The predicted octanol–water partition coefficient (Wildman–Crippen LogP) is 6.63. The number of sulfonamides is 1. The van der Waals surface area contributed by atoms with Gasteiger partial charge in [0.15, 0.2) is 5.44 Å². The number of halogens is 3. The van der Waals surface area contributed by atoms with E-state index in [0.717, 1.165) is 16.8 Å². The molecule has 0 spiro atoms. The number of nitrogens with one attached hydrogen (secondary N) is 2. The molecule has 11 heteroatoms. The summed E-state index contributed by atoms with van der Waals surface area (Å²) in [5.41, 5.74) is 0.379. The molecule has 6 nitrogen and oxygen atoms in total. The molecule has 1 aliphatic rings. The largest absolute Gasteiger partial charge is 0.360 e. The molecule has 3 aromatic carbocycles. The van der Waals surface area contributed by atoms with Crippen molar-refractivity contribution in [2.75, 3.05) is 16.6 Å². The van der Waals surface area contributed by atoms with Crippen LogP contribution in [0, 0.1) is 11.6 Å². The second kappa shape index (κ2) is 9.78. The molecule has 2 heterocycles. The number of benzene rings is 3. The average molecular weight is 549 g/mol. The molecule has 0 aliphatic carbocycles. The van der Waals surface area contributed by atoms with Gasteiger partial charge in [-0.05, 0) is 78.4 Å². The van der Waals surface area contributed by atoms with Crippen molar-refractivity contribution in [1.82, 2.24) is 0 Å². The Hall–Kier alpha value is -3.05. The molecule has 1 aromatic heterocycles. The first-order valence-corrected chi connectivity index (χ1v) is 13.7. The molecule has 4 aromatic rings. The summed E-state index contributed by atoms with van der Waals surface area (Å²) >= 11 is 7.42. The van der Waals surface area contributed by atoms with E-state index in [2.05, 4.69) is 10.0 Å². The van der Waals surface area contributed by atoms with Crippen LogP contribution in [0.4, 0.5) is 20.2 Å². The number of rotatable bonds is 6. The van der Waals surface area contributed by atoms with Crippen molar-refractivity contribution in [3.8, 4) is 11.1 Å². The number of carbonyl (C=O) groups excluding carboxylic acids is 1. The molecular formula is C25H19ClF2N2O4S2. The van der Waals surface area contributed by atoms with Gasteiger partial charge in [0.2, 0.25) is 0 Å². The summed E-state index contributed by atoms with van der Waals surface area (Å²) in [7, 11) is -3.68. The lowest BCUT2D eigenvalue weighted by Crippen LogP contribution is -2.26. The number of amides is 1. The normalized spacial score (nSPS) is 15.8. The molecule has 1 unspecified atom stereocenters. The van der Waals surface area contributed by atoms with E-state index in [0.29, 0.717) is 46.7 Å². The molecule has 0 radical (unpaired) electrons. The third-order valence-electron chi connectivity index (χ3n) is 5.63. The zero-order valence-corrected chi connectivity index (χ0v) is 20.9. The van der Waals surface area contributed by atoms with Crippen molar-refractivity contribution in [1.29, 1.82) is 0 Å². The van der Waals surface area contributed by atoms with Gasteiger partial charge >= 0.3 is 0 Å². The lowest BCUT2D eigenvalue weighted by molar-refractivity contribution is 0.103. The Morgan fingerprint density at radius 3 is 2.61 bits per heavy atom. The number of carbonyl (C=O) groups is 1. The minimum absolute atomic E-state index is 0.147. The average Bonchev–Trinajstić information content (AvgIpc) is 3.49. The van der Waals surface area contributed by atoms with E-state index in [1.807, 2.05) is 0 Å². The van der Waals surface area contributed by atoms with E-state index in [1.165, 1.54) is 29.5 Å². The maximum Gasteiger partial charge on any atom is 0.265 e. The highest BCUT2D eigenvalue weighted by molar-refractivity contribution is 7.93. The van der Waals surface area contributed by atoms with Crippen LogP contribution in [0.15, 0.2) is 60.7 Å². The number of anilines is 2. The van der Waals surface area contributed by atoms with Crippen LogP contribution in [0.3, 0.4) is 0 Å². The first-order valence-electron chi connectivity index (χ1n) is 10.9. The van der Waals surface area contributed by atoms with Gasteiger partial charge in [-0.25, -0.2) is 17.2 Å². The molecule has 1 atom stereocenters. The fourth-order valence-electron chi connectivity index (χ4n) is 3.98. The Balaban J connectivity index is 1.36. The molecular weight excluding hydrogens is 530 g/mol. The number of ether oxygens (including phenoxy) is 1. The second-order valence-electron chi connectivity index (χ2n) is 8.26. The van der Waals surface area contributed by atoms with Crippen LogP contribution < -0.4 is 10.0 Å². The van der Waals surface area contributed by atoms with Crippen LogP contribution in [0.2, 0.25) is 5.02 Å². The summed E-state index contributed by atoms with van der Waals surface area (Å²) in [6.07, 6.45) is 1.14. The molecule has 36 heavy (non-hydrogen) atoms. The van der Waals surface area contributed by atoms with Crippen LogP contribution in [-0.4, -0.2) is 26.4 Å². The maximum absolute atomic E-state index is 14.3. The Kier molecular flexibility index (Phi) is 6.69. The fraction of sp³-hybridized carbons (Fsp3) is 0.160. The van der Waals surface area contributed by atoms with E-state index in [4.69, 9.17) is 16.3 Å². The third-order valence-corrected chi connectivity index (χ3v) is 8.55. The summed E-state index contributed by atoms with van der Waals surface area (Å²) in [5, 5.41) is 3.72. The smallest absolute Gasteiger partial charge is 0.265 e. The minimum Gasteiger partial charge on any atom is -0.360 e. The van der Waals surface area contributed by atoms with E-state index >= 15 is 0 Å².